The first kappa shape index (κ1) is 13.4. The topological polar surface area (TPSA) is 45.2 Å². The Morgan fingerprint density at radius 3 is 2.69 bits per heavy atom. The van der Waals surface area contributed by atoms with Crippen molar-refractivity contribution in [2.45, 2.75) is 6.42 Å². The molecule has 4 nitrogen and oxygen atoms in total. The molecule has 1 aromatic heterocycles. The summed E-state index contributed by atoms with van der Waals surface area (Å²) in [6.07, 6.45) is 2.63. The molecule has 0 fully saturated rings. The van der Waals surface area contributed by atoms with Crippen LogP contribution in [0, 0.1) is 0 Å². The van der Waals surface area contributed by atoms with Crippen LogP contribution in [-0.2, 0) is 6.42 Å². The summed E-state index contributed by atoms with van der Waals surface area (Å²) in [5.74, 6) is 0.0179. The zero-order valence-electron chi connectivity index (χ0n) is 9.95. The van der Waals surface area contributed by atoms with Crippen LogP contribution in [0.1, 0.15) is 15.9 Å². The molecule has 1 amide bonds. The third-order valence-electron chi connectivity index (χ3n) is 1.94. The molecule has 2 heterocycles. The first-order valence-electron chi connectivity index (χ1n) is 5.14. The molecule has 1 aliphatic heterocycles. The van der Waals surface area contributed by atoms with Crippen LogP contribution in [0.3, 0.4) is 0 Å². The molecule has 1 aliphatic rings. The van der Waals surface area contributed by atoms with Crippen molar-refractivity contribution in [1.29, 1.82) is 0 Å². The molecule has 0 bridgehead atoms. The Balaban J connectivity index is 0.000000280. The average molecular weight is 326 g/mol. The number of nitrogens with one attached hydrogen (secondary N) is 1. The quantitative estimate of drug-likeness (QED) is 0.627. The second-order valence-corrected chi connectivity index (χ2v) is 5.80. The third kappa shape index (κ3) is 4.09. The summed E-state index contributed by atoms with van der Waals surface area (Å²) in [7, 11) is 6.00. The van der Waals surface area contributed by atoms with Gasteiger partial charge in [0.15, 0.2) is 0 Å². The molecule has 0 spiro atoms. The van der Waals surface area contributed by atoms with E-state index in [0.717, 1.165) is 50.3 Å². The Morgan fingerprint density at radius 2 is 2.06 bits per heavy atom. The fourth-order valence-corrected chi connectivity index (χ4v) is 2.12. The number of aromatic nitrogens is 1. The molecule has 0 atom stereocenters. The van der Waals surface area contributed by atoms with Gasteiger partial charge in [0.05, 0.1) is 0 Å². The van der Waals surface area contributed by atoms with Gasteiger partial charge in [-0.05, 0) is 21.1 Å². The maximum absolute atomic E-state index is 11.3. The first-order valence-corrected chi connectivity index (χ1v) is 6.79. The van der Waals surface area contributed by atoms with Gasteiger partial charge in [-0.2, -0.15) is 0 Å². The van der Waals surface area contributed by atoms with Crippen molar-refractivity contribution in [2.75, 3.05) is 27.7 Å². The normalized spacial score (nSPS) is 13.7. The SMILES string of the molecule is CN(C)C.O=C1NCCc2c[c]([SnH])ncc21. The Hall–Kier alpha value is -0.621. The first-order chi connectivity index (χ1) is 7.50. The molecule has 16 heavy (non-hydrogen) atoms. The molecule has 5 heteroatoms. The van der Waals surface area contributed by atoms with E-state index in [1.54, 1.807) is 6.20 Å². The van der Waals surface area contributed by atoms with Gasteiger partial charge in [0.25, 0.3) is 0 Å². The summed E-state index contributed by atoms with van der Waals surface area (Å²) >= 11 is 1.02. The maximum atomic E-state index is 11.3. The minimum atomic E-state index is 0.0179. The summed E-state index contributed by atoms with van der Waals surface area (Å²) in [4.78, 5) is 17.4. The van der Waals surface area contributed by atoms with Crippen molar-refractivity contribution in [3.8, 4) is 0 Å². The van der Waals surface area contributed by atoms with E-state index >= 15 is 0 Å². The number of hydrogen-bond acceptors (Lipinski definition) is 3. The molecule has 0 aromatic carbocycles. The summed E-state index contributed by atoms with van der Waals surface area (Å²) in [6.45, 7) is 0.760. The van der Waals surface area contributed by atoms with Gasteiger partial charge in [0.2, 0.25) is 0 Å². The minimum absolute atomic E-state index is 0.0179. The van der Waals surface area contributed by atoms with E-state index in [4.69, 9.17) is 0 Å². The molecular weight excluding hydrogens is 309 g/mol. The van der Waals surface area contributed by atoms with E-state index in [1.165, 1.54) is 0 Å². The van der Waals surface area contributed by atoms with E-state index < -0.39 is 0 Å². The monoisotopic (exact) mass is 327 g/mol. The van der Waals surface area contributed by atoms with Gasteiger partial charge in [-0.1, -0.05) is 0 Å². The number of hydrogen-bond donors (Lipinski definition) is 1. The fraction of sp³-hybridized carbons (Fsp3) is 0.455. The van der Waals surface area contributed by atoms with E-state index in [2.05, 4.69) is 10.3 Å². The summed E-state index contributed by atoms with van der Waals surface area (Å²) in [5.41, 5.74) is 1.90. The van der Waals surface area contributed by atoms with Crippen LogP contribution in [0.25, 0.3) is 0 Å². The van der Waals surface area contributed by atoms with Gasteiger partial charge < -0.3 is 4.90 Å². The van der Waals surface area contributed by atoms with E-state index in [-0.39, 0.29) is 5.91 Å². The van der Waals surface area contributed by atoms with Gasteiger partial charge in [0, 0.05) is 0 Å². The summed E-state index contributed by atoms with van der Waals surface area (Å²) < 4.78 is 1.11. The zero-order valence-corrected chi connectivity index (χ0v) is 13.2. The Labute approximate surface area is 110 Å². The van der Waals surface area contributed by atoms with E-state index in [1.807, 2.05) is 32.1 Å². The van der Waals surface area contributed by atoms with Crippen molar-refractivity contribution in [3.05, 3.63) is 23.4 Å². The predicted molar refractivity (Wildman–Crippen MR) is 66.7 cm³/mol. The predicted octanol–water partition coefficient (Wildman–Crippen LogP) is -0.929. The van der Waals surface area contributed by atoms with Crippen molar-refractivity contribution in [3.63, 3.8) is 0 Å². The van der Waals surface area contributed by atoms with Crippen molar-refractivity contribution in [2.24, 2.45) is 0 Å². The molecule has 0 saturated heterocycles. The van der Waals surface area contributed by atoms with Crippen LogP contribution in [0.15, 0.2) is 12.3 Å². The van der Waals surface area contributed by atoms with Gasteiger partial charge in [-0.25, -0.2) is 0 Å². The van der Waals surface area contributed by atoms with Gasteiger partial charge in [0.1, 0.15) is 0 Å². The molecule has 0 unspecified atom stereocenters. The van der Waals surface area contributed by atoms with Crippen LogP contribution in [0.4, 0.5) is 0 Å². The molecule has 2 radical (unpaired) electrons. The Morgan fingerprint density at radius 1 is 1.44 bits per heavy atom. The van der Waals surface area contributed by atoms with E-state index in [0.29, 0.717) is 0 Å². The molecule has 1 N–H and O–H groups in total. The molecule has 0 saturated carbocycles. The second kappa shape index (κ2) is 6.20. The number of carbonyl (C=O) groups is 1. The van der Waals surface area contributed by atoms with Crippen LogP contribution in [0.2, 0.25) is 0 Å². The summed E-state index contributed by atoms with van der Waals surface area (Å²) in [5, 5.41) is 2.79. The van der Waals surface area contributed by atoms with Gasteiger partial charge >= 0.3 is 83.6 Å². The van der Waals surface area contributed by atoms with E-state index in [9.17, 15) is 4.79 Å². The van der Waals surface area contributed by atoms with Gasteiger partial charge in [-0.3, -0.25) is 0 Å². The molecule has 1 aromatic rings. The third-order valence-corrected chi connectivity index (χ3v) is 2.84. The Bertz CT molecular complexity index is 377. The second-order valence-electron chi connectivity index (χ2n) is 4.11. The molecular formula is C11H17N3OSn. The molecule has 0 aliphatic carbocycles. The van der Waals surface area contributed by atoms with Crippen molar-refractivity contribution < 1.29 is 4.79 Å². The zero-order chi connectivity index (χ0) is 12.1. The van der Waals surface area contributed by atoms with Gasteiger partial charge in [-0.15, -0.1) is 0 Å². The Kier molecular flexibility index (Phi) is 5.21. The number of carbonyl (C=O) groups excluding carboxylic acids is 1. The number of rotatable bonds is 0. The van der Waals surface area contributed by atoms with Crippen LogP contribution in [-0.4, -0.2) is 66.0 Å². The summed E-state index contributed by atoms with van der Waals surface area (Å²) in [6, 6.07) is 2.04. The van der Waals surface area contributed by atoms with Crippen molar-refractivity contribution in [1.82, 2.24) is 15.2 Å². The average Bonchev–Trinajstić information content (AvgIpc) is 2.16. The van der Waals surface area contributed by atoms with Crippen LogP contribution in [0.5, 0.6) is 0 Å². The number of nitrogens with zero attached hydrogens (tertiary/aromatic N) is 2. The molecule has 86 valence electrons. The number of amides is 1. The number of pyridine rings is 1. The molecule has 2 rings (SSSR count). The fourth-order valence-electron chi connectivity index (χ4n) is 1.33. The van der Waals surface area contributed by atoms with Crippen LogP contribution >= 0.6 is 0 Å². The van der Waals surface area contributed by atoms with Crippen LogP contribution < -0.4 is 9.03 Å². The number of fused-ring (bicyclic) bond motifs is 1. The standard InChI is InChI=1S/C8H7N2O.C3H9N.Sn.H/c11-8-7-5-9-3-1-6(7)2-4-10-8;1-4(2)3;;/h1,5H,2,4H2,(H,10,11);1-3H3;;. The van der Waals surface area contributed by atoms with Crippen molar-refractivity contribution >= 4 is 32.1 Å².